The predicted molar refractivity (Wildman–Crippen MR) is 80.0 cm³/mol. The Balaban J connectivity index is 1.79. The van der Waals surface area contributed by atoms with E-state index in [1.54, 1.807) is 18.4 Å². The van der Waals surface area contributed by atoms with Gasteiger partial charge in [-0.05, 0) is 30.3 Å². The van der Waals surface area contributed by atoms with E-state index in [1.165, 1.54) is 0 Å². The Bertz CT molecular complexity index is 750. The van der Waals surface area contributed by atoms with Crippen molar-refractivity contribution in [1.29, 1.82) is 0 Å². The monoisotopic (exact) mass is 285 g/mol. The molecule has 0 aliphatic rings. The summed E-state index contributed by atoms with van der Waals surface area (Å²) in [6, 6.07) is 14.7. The second kappa shape index (κ2) is 5.39. The second-order valence-corrected chi connectivity index (χ2v) is 4.93. The third kappa shape index (κ3) is 2.68. The van der Waals surface area contributed by atoms with Gasteiger partial charge in [0.15, 0.2) is 0 Å². The van der Waals surface area contributed by atoms with E-state index in [0.29, 0.717) is 5.02 Å². The highest BCUT2D eigenvalue weighted by Gasteiger charge is 2.11. The van der Waals surface area contributed by atoms with Crippen LogP contribution >= 0.6 is 11.6 Å². The maximum Gasteiger partial charge on any atom is 0.228 e. The Kier molecular flexibility index (Phi) is 3.44. The van der Waals surface area contributed by atoms with Crippen LogP contribution in [0.4, 0.5) is 5.69 Å². The van der Waals surface area contributed by atoms with Crippen LogP contribution in [-0.2, 0) is 11.2 Å². The lowest BCUT2D eigenvalue weighted by Crippen LogP contribution is -2.13. The summed E-state index contributed by atoms with van der Waals surface area (Å²) in [7, 11) is 0. The topological polar surface area (TPSA) is 42.2 Å². The summed E-state index contributed by atoms with van der Waals surface area (Å²) in [5.74, 6) is -0.0844. The highest BCUT2D eigenvalue weighted by Crippen LogP contribution is 2.25. The van der Waals surface area contributed by atoms with Crippen LogP contribution < -0.4 is 5.32 Å². The van der Waals surface area contributed by atoms with Crippen molar-refractivity contribution in [3.8, 4) is 0 Å². The van der Waals surface area contributed by atoms with E-state index in [9.17, 15) is 4.79 Å². The molecule has 100 valence electrons. The van der Waals surface area contributed by atoms with Gasteiger partial charge in [-0.15, -0.1) is 0 Å². The van der Waals surface area contributed by atoms with Crippen LogP contribution in [0.25, 0.3) is 11.0 Å². The van der Waals surface area contributed by atoms with Gasteiger partial charge in [0.1, 0.15) is 5.58 Å². The first-order chi connectivity index (χ1) is 9.72. The minimum Gasteiger partial charge on any atom is -0.464 e. The average molecular weight is 286 g/mol. The smallest absolute Gasteiger partial charge is 0.228 e. The lowest BCUT2D eigenvalue weighted by molar-refractivity contribution is -0.115. The van der Waals surface area contributed by atoms with Crippen LogP contribution in [0.2, 0.25) is 5.02 Å². The van der Waals surface area contributed by atoms with Crippen LogP contribution in [0.3, 0.4) is 0 Å². The van der Waals surface area contributed by atoms with Crippen molar-refractivity contribution >= 4 is 34.2 Å². The fraction of sp³-hybridized carbons (Fsp3) is 0.0625. The molecule has 1 heterocycles. The molecule has 2 aromatic carbocycles. The van der Waals surface area contributed by atoms with Gasteiger partial charge in [0.25, 0.3) is 0 Å². The molecule has 1 N–H and O–H groups in total. The fourth-order valence-electron chi connectivity index (χ4n) is 2.09. The molecule has 0 saturated heterocycles. The molecule has 3 rings (SSSR count). The van der Waals surface area contributed by atoms with Gasteiger partial charge in [-0.3, -0.25) is 4.79 Å². The zero-order valence-electron chi connectivity index (χ0n) is 10.6. The van der Waals surface area contributed by atoms with E-state index >= 15 is 0 Å². The van der Waals surface area contributed by atoms with Gasteiger partial charge < -0.3 is 9.73 Å². The molecule has 0 atom stereocenters. The van der Waals surface area contributed by atoms with Crippen LogP contribution in [0.15, 0.2) is 59.2 Å². The van der Waals surface area contributed by atoms with Gasteiger partial charge in [0.2, 0.25) is 5.91 Å². The molecule has 1 amide bonds. The number of carbonyl (C=O) groups is 1. The molecule has 20 heavy (non-hydrogen) atoms. The number of anilines is 1. The van der Waals surface area contributed by atoms with E-state index < -0.39 is 0 Å². The number of para-hydroxylation sites is 1. The number of rotatable bonds is 3. The summed E-state index contributed by atoms with van der Waals surface area (Å²) in [5.41, 5.74) is 2.34. The summed E-state index contributed by atoms with van der Waals surface area (Å²) in [6.07, 6.45) is 1.85. The molecule has 3 nitrogen and oxygen atoms in total. The number of fused-ring (bicyclic) bond motifs is 1. The van der Waals surface area contributed by atoms with Crippen molar-refractivity contribution < 1.29 is 9.21 Å². The molecule has 3 aromatic rings. The van der Waals surface area contributed by atoms with Crippen molar-refractivity contribution in [3.05, 3.63) is 65.4 Å². The Morgan fingerprint density at radius 2 is 1.95 bits per heavy atom. The molecule has 0 saturated carbocycles. The average Bonchev–Trinajstić information content (AvgIpc) is 2.82. The predicted octanol–water partition coefficient (Wildman–Crippen LogP) is 4.27. The van der Waals surface area contributed by atoms with Crippen LogP contribution in [-0.4, -0.2) is 5.91 Å². The Morgan fingerprint density at radius 1 is 1.15 bits per heavy atom. The van der Waals surface area contributed by atoms with Crippen LogP contribution in [0.5, 0.6) is 0 Å². The number of hydrogen-bond acceptors (Lipinski definition) is 2. The number of halogens is 1. The molecule has 0 spiro atoms. The standard InChI is InChI=1S/C16H12ClNO2/c17-12-6-7-15-14(9-12)11(10-20-15)8-16(19)18-13-4-2-1-3-5-13/h1-7,9-10H,8H2,(H,18,19). The van der Waals surface area contributed by atoms with Crippen LogP contribution in [0.1, 0.15) is 5.56 Å². The van der Waals surface area contributed by atoms with E-state index in [4.69, 9.17) is 16.0 Å². The summed E-state index contributed by atoms with van der Waals surface area (Å²) < 4.78 is 5.42. The molecule has 4 heteroatoms. The van der Waals surface area contributed by atoms with E-state index in [-0.39, 0.29) is 12.3 Å². The minimum atomic E-state index is -0.0844. The van der Waals surface area contributed by atoms with Crippen molar-refractivity contribution in [1.82, 2.24) is 0 Å². The molecular weight excluding hydrogens is 274 g/mol. The van der Waals surface area contributed by atoms with Gasteiger partial charge >= 0.3 is 0 Å². The fourth-order valence-corrected chi connectivity index (χ4v) is 2.26. The molecule has 0 unspecified atom stereocenters. The number of furan rings is 1. The van der Waals surface area contributed by atoms with Crippen molar-refractivity contribution in [2.75, 3.05) is 5.32 Å². The summed E-state index contributed by atoms with van der Waals surface area (Å²) in [5, 5.41) is 4.35. The number of carbonyl (C=O) groups excluding carboxylic acids is 1. The third-order valence-electron chi connectivity index (χ3n) is 3.02. The maximum absolute atomic E-state index is 12.0. The largest absolute Gasteiger partial charge is 0.464 e. The second-order valence-electron chi connectivity index (χ2n) is 4.49. The van der Waals surface area contributed by atoms with Crippen molar-refractivity contribution in [2.24, 2.45) is 0 Å². The van der Waals surface area contributed by atoms with Crippen LogP contribution in [0, 0.1) is 0 Å². The summed E-state index contributed by atoms with van der Waals surface area (Å²) >= 11 is 5.97. The lowest BCUT2D eigenvalue weighted by atomic mass is 10.1. The van der Waals surface area contributed by atoms with Gasteiger partial charge in [0, 0.05) is 21.7 Å². The van der Waals surface area contributed by atoms with Crippen molar-refractivity contribution in [2.45, 2.75) is 6.42 Å². The van der Waals surface area contributed by atoms with Gasteiger partial charge in [0.05, 0.1) is 12.7 Å². The zero-order chi connectivity index (χ0) is 13.9. The number of nitrogens with one attached hydrogen (secondary N) is 1. The molecule has 0 aliphatic carbocycles. The first-order valence-electron chi connectivity index (χ1n) is 6.23. The minimum absolute atomic E-state index is 0.0844. The highest BCUT2D eigenvalue weighted by molar-refractivity contribution is 6.31. The third-order valence-corrected chi connectivity index (χ3v) is 3.26. The van der Waals surface area contributed by atoms with E-state index in [0.717, 1.165) is 22.2 Å². The van der Waals surface area contributed by atoms with E-state index in [1.807, 2.05) is 36.4 Å². The highest BCUT2D eigenvalue weighted by atomic mass is 35.5. The molecule has 0 bridgehead atoms. The lowest BCUT2D eigenvalue weighted by Gasteiger charge is -2.03. The van der Waals surface area contributed by atoms with Crippen molar-refractivity contribution in [3.63, 3.8) is 0 Å². The number of hydrogen-bond donors (Lipinski definition) is 1. The number of amides is 1. The Labute approximate surface area is 121 Å². The SMILES string of the molecule is O=C(Cc1coc2ccc(Cl)cc12)Nc1ccccc1. The first-order valence-corrected chi connectivity index (χ1v) is 6.61. The molecule has 0 radical (unpaired) electrons. The van der Waals surface area contributed by atoms with E-state index in [2.05, 4.69) is 5.32 Å². The van der Waals surface area contributed by atoms with Gasteiger partial charge in [-0.2, -0.15) is 0 Å². The Morgan fingerprint density at radius 3 is 2.75 bits per heavy atom. The summed E-state index contributed by atoms with van der Waals surface area (Å²) in [4.78, 5) is 12.0. The molecule has 0 aliphatic heterocycles. The Hall–Kier alpha value is -2.26. The molecular formula is C16H12ClNO2. The van der Waals surface area contributed by atoms with Gasteiger partial charge in [-0.25, -0.2) is 0 Å². The number of benzene rings is 2. The van der Waals surface area contributed by atoms with Gasteiger partial charge in [-0.1, -0.05) is 29.8 Å². The molecule has 1 aromatic heterocycles. The summed E-state index contributed by atoms with van der Waals surface area (Å²) in [6.45, 7) is 0. The molecule has 0 fully saturated rings. The maximum atomic E-state index is 12.0. The zero-order valence-corrected chi connectivity index (χ0v) is 11.4. The normalized spacial score (nSPS) is 10.7. The first kappa shape index (κ1) is 12.8. The quantitative estimate of drug-likeness (QED) is 0.781.